The fourth-order valence-corrected chi connectivity index (χ4v) is 3.65. The summed E-state index contributed by atoms with van der Waals surface area (Å²) in [7, 11) is 0. The van der Waals surface area contributed by atoms with Gasteiger partial charge in [0.25, 0.3) is 0 Å². The molecule has 2 aromatic carbocycles. The van der Waals surface area contributed by atoms with Gasteiger partial charge in [-0.3, -0.25) is 14.8 Å². The number of hydrogen-bond donors (Lipinski definition) is 2. The first-order chi connectivity index (χ1) is 15.0. The lowest BCUT2D eigenvalue weighted by Crippen LogP contribution is -2.27. The zero-order valence-electron chi connectivity index (χ0n) is 18.7. The Morgan fingerprint density at radius 2 is 1.32 bits per heavy atom. The van der Waals surface area contributed by atoms with E-state index < -0.39 is 0 Å². The second-order valence-corrected chi connectivity index (χ2v) is 7.77. The zero-order chi connectivity index (χ0) is 22.2. The van der Waals surface area contributed by atoms with Gasteiger partial charge in [-0.25, -0.2) is 0 Å². The predicted octanol–water partition coefficient (Wildman–Crippen LogP) is 3.94. The molecule has 31 heavy (non-hydrogen) atoms. The van der Waals surface area contributed by atoms with Crippen molar-refractivity contribution in [3.8, 4) is 0 Å². The summed E-state index contributed by atoms with van der Waals surface area (Å²) in [6.07, 6.45) is 1.78. The van der Waals surface area contributed by atoms with Gasteiger partial charge >= 0.3 is 0 Å². The van der Waals surface area contributed by atoms with Gasteiger partial charge in [-0.1, -0.05) is 36.4 Å². The Morgan fingerprint density at radius 3 is 1.77 bits per heavy atom. The van der Waals surface area contributed by atoms with Crippen LogP contribution < -0.4 is 20.7 Å². The summed E-state index contributed by atoms with van der Waals surface area (Å²) in [4.78, 5) is 10.9. The van der Waals surface area contributed by atoms with E-state index >= 15 is 0 Å². The van der Waals surface area contributed by atoms with Crippen molar-refractivity contribution in [2.24, 2.45) is 10.2 Å². The summed E-state index contributed by atoms with van der Waals surface area (Å²) in [5.74, 6) is 1.76. The summed E-state index contributed by atoms with van der Waals surface area (Å²) in [5, 5.41) is 19.0. The van der Waals surface area contributed by atoms with Crippen molar-refractivity contribution in [3.05, 3.63) is 60.7 Å². The van der Waals surface area contributed by atoms with Gasteiger partial charge < -0.3 is 10.6 Å². The Labute approximate surface area is 184 Å². The molecule has 7 heteroatoms. The van der Waals surface area contributed by atoms with Crippen LogP contribution in [0.15, 0.2) is 70.9 Å². The first kappa shape index (κ1) is 22.3. The third-order valence-electron chi connectivity index (χ3n) is 5.01. The number of benzene rings is 2. The molecule has 2 N–H and O–H groups in total. The molecule has 7 nitrogen and oxygen atoms in total. The molecule has 0 bridgehead atoms. The molecule has 0 aliphatic carbocycles. The second kappa shape index (κ2) is 10.6. The van der Waals surface area contributed by atoms with Crippen LogP contribution in [-0.2, 0) is 4.79 Å². The van der Waals surface area contributed by atoms with Crippen molar-refractivity contribution in [1.82, 2.24) is 10.6 Å². The van der Waals surface area contributed by atoms with Crippen molar-refractivity contribution in [1.29, 1.82) is 0 Å². The van der Waals surface area contributed by atoms with Crippen LogP contribution in [0.5, 0.6) is 0 Å². The highest BCUT2D eigenvalue weighted by Gasteiger charge is 2.24. The number of hydrogen-bond acceptors (Lipinski definition) is 6. The molecule has 2 atom stereocenters. The average molecular weight is 421 g/mol. The van der Waals surface area contributed by atoms with E-state index in [0.29, 0.717) is 6.04 Å². The van der Waals surface area contributed by atoms with Crippen LogP contribution in [0, 0.1) is 0 Å². The fourth-order valence-electron chi connectivity index (χ4n) is 3.65. The highest BCUT2D eigenvalue weighted by atomic mass is 16.1. The third kappa shape index (κ3) is 6.07. The fraction of sp³-hybridized carbons (Fsp3) is 0.375. The second-order valence-electron chi connectivity index (χ2n) is 7.77. The van der Waals surface area contributed by atoms with Crippen LogP contribution in [0.25, 0.3) is 0 Å². The van der Waals surface area contributed by atoms with Crippen LogP contribution in [0.4, 0.5) is 11.4 Å². The number of amidine groups is 2. The molecule has 164 valence electrons. The Morgan fingerprint density at radius 1 is 0.871 bits per heavy atom. The van der Waals surface area contributed by atoms with Crippen molar-refractivity contribution in [2.75, 3.05) is 16.6 Å². The molecule has 0 saturated carbocycles. The number of rotatable bonds is 3. The summed E-state index contributed by atoms with van der Waals surface area (Å²) >= 11 is 0. The van der Waals surface area contributed by atoms with E-state index in [1.54, 1.807) is 0 Å². The van der Waals surface area contributed by atoms with Gasteiger partial charge in [-0.05, 0) is 45.0 Å². The van der Waals surface area contributed by atoms with Crippen molar-refractivity contribution < 1.29 is 4.79 Å². The standard InChI is InChI=1S/C12H15N3O.C12H17N3/c1-9-8-12(13-10(2)16)14-15(9)11-6-4-3-5-7-11;1-3-13-12-9-10(2)15(14-12)11-7-5-4-6-8-11/h3-7,9H,8H2,1-2H3,(H,13,14,16);4-8,10H,3,9H2,1-2H3,(H,13,14). The summed E-state index contributed by atoms with van der Waals surface area (Å²) in [6, 6.07) is 21.0. The monoisotopic (exact) mass is 420 g/mol. The van der Waals surface area contributed by atoms with Gasteiger partial charge in [0, 0.05) is 26.3 Å². The largest absolute Gasteiger partial charge is 0.372 e. The minimum Gasteiger partial charge on any atom is -0.372 e. The van der Waals surface area contributed by atoms with Crippen LogP contribution >= 0.6 is 0 Å². The normalized spacial score (nSPS) is 19.9. The molecular weight excluding hydrogens is 388 g/mol. The Bertz CT molecular complexity index is 912. The van der Waals surface area contributed by atoms with E-state index in [2.05, 4.69) is 58.7 Å². The molecule has 2 heterocycles. The van der Waals surface area contributed by atoms with E-state index in [1.807, 2.05) is 53.5 Å². The smallest absolute Gasteiger partial charge is 0.222 e. The van der Waals surface area contributed by atoms with Gasteiger partial charge in [0.2, 0.25) is 5.91 Å². The number of hydrazone groups is 2. The molecule has 2 aliphatic heterocycles. The molecule has 0 spiro atoms. The molecule has 2 aliphatic rings. The average Bonchev–Trinajstić information content (AvgIpc) is 3.31. The third-order valence-corrected chi connectivity index (χ3v) is 5.01. The first-order valence-corrected chi connectivity index (χ1v) is 10.8. The van der Waals surface area contributed by atoms with Crippen molar-refractivity contribution in [3.63, 3.8) is 0 Å². The lowest BCUT2D eigenvalue weighted by Gasteiger charge is -2.19. The molecule has 0 fully saturated rings. The topological polar surface area (TPSA) is 72.3 Å². The molecule has 1 amide bonds. The van der Waals surface area contributed by atoms with E-state index in [9.17, 15) is 4.79 Å². The Kier molecular flexibility index (Phi) is 7.65. The molecule has 0 saturated heterocycles. The van der Waals surface area contributed by atoms with Crippen LogP contribution in [0.2, 0.25) is 0 Å². The number of nitrogens with one attached hydrogen (secondary N) is 2. The quantitative estimate of drug-likeness (QED) is 0.789. The predicted molar refractivity (Wildman–Crippen MR) is 128 cm³/mol. The number of carbonyl (C=O) groups excluding carboxylic acids is 1. The number of amides is 1. The van der Waals surface area contributed by atoms with Gasteiger partial charge in [-0.15, -0.1) is 0 Å². The molecule has 2 aromatic rings. The van der Waals surface area contributed by atoms with E-state index in [4.69, 9.17) is 0 Å². The lowest BCUT2D eigenvalue weighted by atomic mass is 10.2. The molecular formula is C24H32N6O. The molecule has 0 aromatic heterocycles. The maximum atomic E-state index is 10.9. The zero-order valence-corrected chi connectivity index (χ0v) is 18.7. The SMILES string of the molecule is CC(=O)NC1=NN(c2ccccc2)C(C)C1.CCNC1=NN(c2ccccc2)C(C)C1. The molecule has 0 radical (unpaired) electrons. The van der Waals surface area contributed by atoms with Gasteiger partial charge in [0.05, 0.1) is 23.5 Å². The van der Waals surface area contributed by atoms with Gasteiger partial charge in [0.1, 0.15) is 11.7 Å². The number of anilines is 2. The Hall–Kier alpha value is -3.35. The first-order valence-electron chi connectivity index (χ1n) is 10.8. The number of para-hydroxylation sites is 2. The summed E-state index contributed by atoms with van der Waals surface area (Å²) in [5.41, 5.74) is 2.22. The van der Waals surface area contributed by atoms with Gasteiger partial charge in [-0.2, -0.15) is 10.2 Å². The van der Waals surface area contributed by atoms with E-state index in [0.717, 1.165) is 42.4 Å². The maximum absolute atomic E-state index is 10.9. The number of carbonyl (C=O) groups is 1. The highest BCUT2D eigenvalue weighted by molar-refractivity contribution is 5.99. The number of nitrogens with zero attached hydrogens (tertiary/aromatic N) is 4. The lowest BCUT2D eigenvalue weighted by molar-refractivity contribution is -0.117. The van der Waals surface area contributed by atoms with E-state index in [-0.39, 0.29) is 11.9 Å². The molecule has 4 rings (SSSR count). The Balaban J connectivity index is 0.000000176. The minimum atomic E-state index is -0.0686. The van der Waals surface area contributed by atoms with Crippen LogP contribution in [0.1, 0.15) is 40.5 Å². The molecule has 2 unspecified atom stereocenters. The van der Waals surface area contributed by atoms with Crippen LogP contribution in [-0.4, -0.2) is 36.2 Å². The highest BCUT2D eigenvalue weighted by Crippen LogP contribution is 2.24. The van der Waals surface area contributed by atoms with Crippen molar-refractivity contribution >= 4 is 29.0 Å². The van der Waals surface area contributed by atoms with Crippen molar-refractivity contribution in [2.45, 2.75) is 52.6 Å². The summed E-state index contributed by atoms with van der Waals surface area (Å²) in [6.45, 7) is 8.82. The van der Waals surface area contributed by atoms with Gasteiger partial charge in [0.15, 0.2) is 0 Å². The minimum absolute atomic E-state index is 0.0686. The van der Waals surface area contributed by atoms with E-state index in [1.165, 1.54) is 6.92 Å². The maximum Gasteiger partial charge on any atom is 0.222 e. The van der Waals surface area contributed by atoms with Crippen LogP contribution in [0.3, 0.4) is 0 Å². The summed E-state index contributed by atoms with van der Waals surface area (Å²) < 4.78 is 0.